The van der Waals surface area contributed by atoms with Crippen molar-refractivity contribution in [3.8, 4) is 10.6 Å². The quantitative estimate of drug-likeness (QED) is 0.688. The van der Waals surface area contributed by atoms with E-state index in [9.17, 15) is 19.8 Å². The summed E-state index contributed by atoms with van der Waals surface area (Å²) >= 11 is 1.50. The first-order valence-electron chi connectivity index (χ1n) is 8.69. The van der Waals surface area contributed by atoms with Gasteiger partial charge in [-0.2, -0.15) is 0 Å². The van der Waals surface area contributed by atoms with Crippen LogP contribution in [0.2, 0.25) is 0 Å². The lowest BCUT2D eigenvalue weighted by atomic mass is 10.1. The second-order valence-corrected chi connectivity index (χ2v) is 7.80. The largest absolute Gasteiger partial charge is 0.480 e. The van der Waals surface area contributed by atoms with Crippen molar-refractivity contribution >= 4 is 29.2 Å². The molecule has 1 aliphatic rings. The van der Waals surface area contributed by atoms with E-state index in [-0.39, 0.29) is 18.6 Å². The van der Waals surface area contributed by atoms with E-state index < -0.39 is 12.0 Å². The number of nitrogens with zero attached hydrogens (tertiary/aromatic N) is 3. The van der Waals surface area contributed by atoms with Crippen LogP contribution >= 0.6 is 11.3 Å². The molecule has 0 saturated carbocycles. The topological polar surface area (TPSA) is 116 Å². The molecule has 2 aromatic heterocycles. The van der Waals surface area contributed by atoms with E-state index in [4.69, 9.17) is 0 Å². The van der Waals surface area contributed by atoms with Gasteiger partial charge in [-0.1, -0.05) is 0 Å². The van der Waals surface area contributed by atoms with Gasteiger partial charge in [0.25, 0.3) is 5.91 Å². The van der Waals surface area contributed by atoms with Gasteiger partial charge < -0.3 is 20.4 Å². The first kappa shape index (κ1) is 19.2. The fourth-order valence-electron chi connectivity index (χ4n) is 2.92. The minimum Gasteiger partial charge on any atom is -0.480 e. The summed E-state index contributed by atoms with van der Waals surface area (Å²) in [6.07, 6.45) is 2.33. The summed E-state index contributed by atoms with van der Waals surface area (Å²) in [5, 5.41) is 21.4. The van der Waals surface area contributed by atoms with E-state index in [1.54, 1.807) is 12.3 Å². The van der Waals surface area contributed by atoms with Crippen molar-refractivity contribution in [1.82, 2.24) is 14.9 Å². The molecule has 3 N–H and O–H groups in total. The molecule has 0 spiro atoms. The van der Waals surface area contributed by atoms with Crippen LogP contribution in [0.5, 0.6) is 0 Å². The Balaban J connectivity index is 1.93. The van der Waals surface area contributed by atoms with Crippen molar-refractivity contribution in [2.45, 2.75) is 39.3 Å². The van der Waals surface area contributed by atoms with Crippen LogP contribution in [0.1, 0.15) is 34.6 Å². The summed E-state index contributed by atoms with van der Waals surface area (Å²) in [5.41, 5.74) is 2.15. The molecule has 1 aliphatic heterocycles. The van der Waals surface area contributed by atoms with Crippen molar-refractivity contribution in [3.05, 3.63) is 28.3 Å². The zero-order valence-electron chi connectivity index (χ0n) is 15.4. The highest BCUT2D eigenvalue weighted by atomic mass is 32.1. The first-order valence-corrected chi connectivity index (χ1v) is 9.51. The SMILES string of the molecule is Cc1cnc(NC(C)CO)nc1-c1cc2c(s1)CCN(C(C)C(=O)O)C2=O. The van der Waals surface area contributed by atoms with Crippen molar-refractivity contribution in [2.24, 2.45) is 0 Å². The maximum Gasteiger partial charge on any atom is 0.326 e. The number of carboxylic acid groups (broad SMARTS) is 1. The number of anilines is 1. The maximum atomic E-state index is 12.7. The summed E-state index contributed by atoms with van der Waals surface area (Å²) in [7, 11) is 0. The molecule has 8 nitrogen and oxygen atoms in total. The van der Waals surface area contributed by atoms with Gasteiger partial charge in [-0.25, -0.2) is 14.8 Å². The number of aromatic nitrogens is 2. The predicted octanol–water partition coefficient (Wildman–Crippen LogP) is 1.78. The molecule has 27 heavy (non-hydrogen) atoms. The van der Waals surface area contributed by atoms with Crippen LogP contribution in [0.25, 0.3) is 10.6 Å². The summed E-state index contributed by atoms with van der Waals surface area (Å²) in [4.78, 5) is 35.9. The van der Waals surface area contributed by atoms with Gasteiger partial charge in [0.05, 0.1) is 22.7 Å². The minimum absolute atomic E-state index is 0.0357. The lowest BCUT2D eigenvalue weighted by Gasteiger charge is -2.29. The lowest BCUT2D eigenvalue weighted by molar-refractivity contribution is -0.141. The van der Waals surface area contributed by atoms with Crippen LogP contribution in [0.3, 0.4) is 0 Å². The van der Waals surface area contributed by atoms with Crippen molar-refractivity contribution in [3.63, 3.8) is 0 Å². The van der Waals surface area contributed by atoms with Crippen LogP contribution in [0.15, 0.2) is 12.3 Å². The fraction of sp³-hybridized carbons (Fsp3) is 0.444. The number of thiophene rings is 1. The van der Waals surface area contributed by atoms with E-state index in [1.807, 2.05) is 13.8 Å². The zero-order chi connectivity index (χ0) is 19.7. The summed E-state index contributed by atoms with van der Waals surface area (Å²) in [6.45, 7) is 5.60. The average molecular weight is 390 g/mol. The number of carbonyl (C=O) groups is 2. The Kier molecular flexibility index (Phi) is 5.43. The highest BCUT2D eigenvalue weighted by Gasteiger charge is 2.33. The number of nitrogens with one attached hydrogen (secondary N) is 1. The molecule has 0 aliphatic carbocycles. The average Bonchev–Trinajstić information content (AvgIpc) is 3.07. The Morgan fingerprint density at radius 3 is 2.85 bits per heavy atom. The molecular weight excluding hydrogens is 368 g/mol. The third-order valence-corrected chi connectivity index (χ3v) is 5.76. The molecule has 3 heterocycles. The molecule has 144 valence electrons. The summed E-state index contributed by atoms with van der Waals surface area (Å²) in [6, 6.07) is 0.757. The molecule has 2 unspecified atom stereocenters. The second-order valence-electron chi connectivity index (χ2n) is 6.66. The number of rotatable bonds is 6. The van der Waals surface area contributed by atoms with Gasteiger partial charge in [0.2, 0.25) is 5.95 Å². The Bertz CT molecular complexity index is 882. The Morgan fingerprint density at radius 2 is 2.19 bits per heavy atom. The monoisotopic (exact) mass is 390 g/mol. The van der Waals surface area contributed by atoms with Crippen LogP contribution in [-0.4, -0.2) is 62.2 Å². The van der Waals surface area contributed by atoms with Crippen molar-refractivity contribution < 1.29 is 19.8 Å². The van der Waals surface area contributed by atoms with Crippen LogP contribution in [0, 0.1) is 6.92 Å². The molecule has 0 fully saturated rings. The van der Waals surface area contributed by atoms with Gasteiger partial charge >= 0.3 is 5.97 Å². The lowest BCUT2D eigenvalue weighted by Crippen LogP contribution is -2.46. The molecule has 0 saturated heterocycles. The summed E-state index contributed by atoms with van der Waals surface area (Å²) in [5.74, 6) is -0.855. The number of aliphatic hydroxyl groups excluding tert-OH is 1. The highest BCUT2D eigenvalue weighted by Crippen LogP contribution is 2.36. The molecule has 9 heteroatoms. The maximum absolute atomic E-state index is 12.7. The predicted molar refractivity (Wildman–Crippen MR) is 102 cm³/mol. The number of hydrogen-bond acceptors (Lipinski definition) is 7. The fourth-order valence-corrected chi connectivity index (χ4v) is 4.12. The van der Waals surface area contributed by atoms with E-state index >= 15 is 0 Å². The number of fused-ring (bicyclic) bond motifs is 1. The normalized spacial score (nSPS) is 16.0. The van der Waals surface area contributed by atoms with E-state index in [2.05, 4.69) is 15.3 Å². The first-order chi connectivity index (χ1) is 12.8. The van der Waals surface area contributed by atoms with Gasteiger partial charge in [-0.3, -0.25) is 4.79 Å². The number of carbonyl (C=O) groups excluding carboxylic acids is 1. The Labute approximate surface area is 160 Å². The molecule has 2 aromatic rings. The minimum atomic E-state index is -1.01. The molecule has 0 bridgehead atoms. The molecule has 0 aromatic carbocycles. The van der Waals surface area contributed by atoms with Gasteiger partial charge in [-0.05, 0) is 32.4 Å². The third kappa shape index (κ3) is 3.79. The van der Waals surface area contributed by atoms with Crippen molar-refractivity contribution in [1.29, 1.82) is 0 Å². The van der Waals surface area contributed by atoms with Gasteiger partial charge in [0.1, 0.15) is 6.04 Å². The number of aliphatic hydroxyl groups is 1. The van der Waals surface area contributed by atoms with Gasteiger partial charge in [-0.15, -0.1) is 11.3 Å². The van der Waals surface area contributed by atoms with Crippen LogP contribution < -0.4 is 5.32 Å². The van der Waals surface area contributed by atoms with E-state index in [1.165, 1.54) is 23.2 Å². The second kappa shape index (κ2) is 7.61. The van der Waals surface area contributed by atoms with Crippen LogP contribution in [-0.2, 0) is 11.2 Å². The molecular formula is C18H22N4O4S. The number of aliphatic carboxylic acids is 1. The van der Waals surface area contributed by atoms with E-state index in [0.29, 0.717) is 24.5 Å². The third-order valence-electron chi connectivity index (χ3n) is 4.56. The molecule has 3 rings (SSSR count). The van der Waals surface area contributed by atoms with E-state index in [0.717, 1.165) is 21.0 Å². The summed E-state index contributed by atoms with van der Waals surface area (Å²) < 4.78 is 0. The smallest absolute Gasteiger partial charge is 0.326 e. The van der Waals surface area contributed by atoms with Crippen LogP contribution in [0.4, 0.5) is 5.95 Å². The van der Waals surface area contributed by atoms with Crippen molar-refractivity contribution in [2.75, 3.05) is 18.5 Å². The Hall–Kier alpha value is -2.52. The highest BCUT2D eigenvalue weighted by molar-refractivity contribution is 7.15. The standard InChI is InChI=1S/C18H22N4O4S/c1-9-7-19-18(20-10(2)8-23)21-15(9)14-6-12-13(27-14)4-5-22(16(12)24)11(3)17(25)26/h6-7,10-11,23H,4-5,8H2,1-3H3,(H,25,26)(H,19,20,21). The van der Waals surface area contributed by atoms with Gasteiger partial charge in [0.15, 0.2) is 0 Å². The molecule has 0 radical (unpaired) electrons. The number of aryl methyl sites for hydroxylation is 1. The number of hydrogen-bond donors (Lipinski definition) is 3. The number of amides is 1. The molecule has 1 amide bonds. The zero-order valence-corrected chi connectivity index (χ0v) is 16.2. The van der Waals surface area contributed by atoms with Gasteiger partial charge in [0, 0.05) is 30.1 Å². The Morgan fingerprint density at radius 1 is 1.44 bits per heavy atom. The number of carboxylic acids is 1. The molecule has 2 atom stereocenters.